The Morgan fingerprint density at radius 1 is 1.45 bits per heavy atom. The van der Waals surface area contributed by atoms with Gasteiger partial charge in [0, 0.05) is 6.07 Å². The zero-order valence-corrected chi connectivity index (χ0v) is 5.96. The third-order valence-corrected chi connectivity index (χ3v) is 1.50. The Morgan fingerprint density at radius 2 is 2.27 bits per heavy atom. The molecule has 1 aliphatic carbocycles. The quantitative estimate of drug-likeness (QED) is 0.604. The molecule has 1 heterocycles. The monoisotopic (exact) mass is 153 g/mol. The van der Waals surface area contributed by atoms with Crippen molar-refractivity contribution in [2.75, 3.05) is 0 Å². The van der Waals surface area contributed by atoms with Crippen LogP contribution in [0.4, 0.5) is 4.39 Å². The van der Waals surface area contributed by atoms with Crippen molar-refractivity contribution in [3.8, 4) is 5.88 Å². The van der Waals surface area contributed by atoms with Gasteiger partial charge >= 0.3 is 0 Å². The predicted octanol–water partition coefficient (Wildman–Crippen LogP) is 1.76. The van der Waals surface area contributed by atoms with E-state index in [1.807, 2.05) is 0 Å². The fourth-order valence-electron chi connectivity index (χ4n) is 0.812. The van der Waals surface area contributed by atoms with Gasteiger partial charge in [-0.25, -0.2) is 0 Å². The number of hydrogen-bond acceptors (Lipinski definition) is 2. The average Bonchev–Trinajstić information content (AvgIpc) is 2.71. The molecule has 0 radical (unpaired) electrons. The van der Waals surface area contributed by atoms with Crippen LogP contribution in [-0.4, -0.2) is 11.1 Å². The zero-order chi connectivity index (χ0) is 7.68. The molecule has 0 N–H and O–H groups in total. The molecule has 1 fully saturated rings. The van der Waals surface area contributed by atoms with Crippen LogP contribution in [0.25, 0.3) is 0 Å². The second kappa shape index (κ2) is 2.49. The molecule has 1 saturated carbocycles. The first kappa shape index (κ1) is 6.58. The lowest BCUT2D eigenvalue weighted by Gasteiger charge is -2.00. The molecule has 0 saturated heterocycles. The number of aromatic nitrogens is 1. The van der Waals surface area contributed by atoms with Crippen LogP contribution in [-0.2, 0) is 0 Å². The molecule has 2 nitrogen and oxygen atoms in total. The summed E-state index contributed by atoms with van der Waals surface area (Å²) in [5.74, 6) is -0.0874. The summed E-state index contributed by atoms with van der Waals surface area (Å²) in [6, 6.07) is 4.57. The fraction of sp³-hybridized carbons (Fsp3) is 0.375. The molecule has 1 aliphatic rings. The van der Waals surface area contributed by atoms with Crippen LogP contribution in [0.5, 0.6) is 5.88 Å². The fourth-order valence-corrected chi connectivity index (χ4v) is 0.812. The maximum absolute atomic E-state index is 12.4. The van der Waals surface area contributed by atoms with Crippen LogP contribution >= 0.6 is 0 Å². The van der Waals surface area contributed by atoms with E-state index in [1.54, 1.807) is 12.1 Å². The van der Waals surface area contributed by atoms with E-state index >= 15 is 0 Å². The van der Waals surface area contributed by atoms with Gasteiger partial charge in [0.25, 0.3) is 0 Å². The van der Waals surface area contributed by atoms with Gasteiger partial charge in [0.05, 0.1) is 0 Å². The van der Waals surface area contributed by atoms with Gasteiger partial charge in [0.1, 0.15) is 6.10 Å². The topological polar surface area (TPSA) is 22.1 Å². The molecular weight excluding hydrogens is 145 g/mol. The highest BCUT2D eigenvalue weighted by Crippen LogP contribution is 2.25. The van der Waals surface area contributed by atoms with E-state index in [-0.39, 0.29) is 6.10 Å². The predicted molar refractivity (Wildman–Crippen MR) is 37.8 cm³/mol. The zero-order valence-electron chi connectivity index (χ0n) is 5.96. The second-order valence-corrected chi connectivity index (χ2v) is 2.62. The van der Waals surface area contributed by atoms with Crippen molar-refractivity contribution >= 4 is 0 Å². The first-order valence-corrected chi connectivity index (χ1v) is 3.64. The SMILES string of the molecule is Fc1cccc(OC2CC2)n1. The van der Waals surface area contributed by atoms with Crippen LogP contribution in [0.3, 0.4) is 0 Å². The van der Waals surface area contributed by atoms with Crippen molar-refractivity contribution in [3.05, 3.63) is 24.1 Å². The van der Waals surface area contributed by atoms with Crippen molar-refractivity contribution in [1.29, 1.82) is 0 Å². The molecule has 1 aromatic rings. The van der Waals surface area contributed by atoms with Gasteiger partial charge < -0.3 is 4.74 Å². The van der Waals surface area contributed by atoms with E-state index in [9.17, 15) is 4.39 Å². The maximum Gasteiger partial charge on any atom is 0.216 e. The van der Waals surface area contributed by atoms with E-state index < -0.39 is 5.95 Å². The Balaban J connectivity index is 2.10. The van der Waals surface area contributed by atoms with E-state index in [2.05, 4.69) is 4.98 Å². The van der Waals surface area contributed by atoms with Gasteiger partial charge in [-0.2, -0.15) is 9.37 Å². The number of rotatable bonds is 2. The summed E-state index contributed by atoms with van der Waals surface area (Å²) in [5.41, 5.74) is 0. The molecule has 2 rings (SSSR count). The minimum absolute atomic E-state index is 0.282. The summed E-state index contributed by atoms with van der Waals surface area (Å²) < 4.78 is 17.7. The average molecular weight is 153 g/mol. The highest BCUT2D eigenvalue weighted by Gasteiger charge is 2.23. The molecule has 0 spiro atoms. The Hall–Kier alpha value is -1.12. The van der Waals surface area contributed by atoms with E-state index in [1.165, 1.54) is 6.07 Å². The molecule has 11 heavy (non-hydrogen) atoms. The largest absolute Gasteiger partial charge is 0.474 e. The third-order valence-electron chi connectivity index (χ3n) is 1.50. The number of nitrogens with zero attached hydrogens (tertiary/aromatic N) is 1. The molecule has 0 aromatic carbocycles. The van der Waals surface area contributed by atoms with Crippen molar-refractivity contribution in [2.45, 2.75) is 18.9 Å². The lowest BCUT2D eigenvalue weighted by molar-refractivity contribution is 0.286. The maximum atomic E-state index is 12.4. The highest BCUT2D eigenvalue weighted by atomic mass is 19.1. The number of ether oxygens (including phenoxy) is 1. The molecule has 0 atom stereocenters. The van der Waals surface area contributed by atoms with Crippen LogP contribution in [0, 0.1) is 5.95 Å². The Labute approximate surface area is 64.0 Å². The molecule has 0 unspecified atom stereocenters. The minimum atomic E-state index is -0.483. The van der Waals surface area contributed by atoms with Gasteiger partial charge in [-0.1, -0.05) is 6.07 Å². The summed E-state index contributed by atoms with van der Waals surface area (Å²) >= 11 is 0. The summed E-state index contributed by atoms with van der Waals surface area (Å²) in [4.78, 5) is 3.56. The van der Waals surface area contributed by atoms with Gasteiger partial charge in [0.2, 0.25) is 11.8 Å². The number of halogens is 1. The van der Waals surface area contributed by atoms with Gasteiger partial charge in [-0.3, -0.25) is 0 Å². The number of hydrogen-bond donors (Lipinski definition) is 0. The molecule has 58 valence electrons. The molecule has 0 aliphatic heterocycles. The summed E-state index contributed by atoms with van der Waals surface area (Å²) in [5, 5.41) is 0. The van der Waals surface area contributed by atoms with Crippen molar-refractivity contribution in [2.24, 2.45) is 0 Å². The van der Waals surface area contributed by atoms with Crippen molar-refractivity contribution in [1.82, 2.24) is 4.98 Å². The Bertz CT molecular complexity index is 260. The van der Waals surface area contributed by atoms with Crippen LogP contribution in [0.15, 0.2) is 18.2 Å². The first-order chi connectivity index (χ1) is 5.34. The highest BCUT2D eigenvalue weighted by molar-refractivity contribution is 5.11. The summed E-state index contributed by atoms with van der Waals surface area (Å²) in [6.45, 7) is 0. The van der Waals surface area contributed by atoms with E-state index in [0.717, 1.165) is 12.8 Å². The normalized spacial score (nSPS) is 16.5. The van der Waals surface area contributed by atoms with Gasteiger partial charge in [-0.05, 0) is 18.9 Å². The lowest BCUT2D eigenvalue weighted by Crippen LogP contribution is -1.98. The smallest absolute Gasteiger partial charge is 0.216 e. The standard InChI is InChI=1S/C8H8FNO/c9-7-2-1-3-8(10-7)11-6-4-5-6/h1-3,6H,4-5H2. The van der Waals surface area contributed by atoms with Gasteiger partial charge in [0.15, 0.2) is 0 Å². The molecule has 0 bridgehead atoms. The first-order valence-electron chi connectivity index (χ1n) is 3.64. The second-order valence-electron chi connectivity index (χ2n) is 2.62. The third kappa shape index (κ3) is 1.67. The van der Waals surface area contributed by atoms with Crippen molar-refractivity contribution in [3.63, 3.8) is 0 Å². The van der Waals surface area contributed by atoms with Crippen LogP contribution < -0.4 is 4.74 Å². The van der Waals surface area contributed by atoms with Crippen molar-refractivity contribution < 1.29 is 9.13 Å². The van der Waals surface area contributed by atoms with Crippen LogP contribution in [0.2, 0.25) is 0 Å². The van der Waals surface area contributed by atoms with Gasteiger partial charge in [-0.15, -0.1) is 0 Å². The minimum Gasteiger partial charge on any atom is -0.474 e. The van der Waals surface area contributed by atoms with E-state index in [0.29, 0.717) is 5.88 Å². The van der Waals surface area contributed by atoms with E-state index in [4.69, 9.17) is 4.74 Å². The van der Waals surface area contributed by atoms with Crippen LogP contribution in [0.1, 0.15) is 12.8 Å². The summed E-state index contributed by atoms with van der Waals surface area (Å²) in [7, 11) is 0. The Morgan fingerprint density at radius 3 is 2.91 bits per heavy atom. The molecule has 0 amide bonds. The lowest BCUT2D eigenvalue weighted by atomic mass is 10.5. The Kier molecular flexibility index (Phi) is 1.49. The summed E-state index contributed by atoms with van der Waals surface area (Å²) in [6.07, 6.45) is 2.42. The molecule has 1 aromatic heterocycles. The molecule has 3 heteroatoms. The molecular formula is C8H8FNO. The number of pyridine rings is 1.